The van der Waals surface area contributed by atoms with Crippen molar-refractivity contribution in [2.24, 2.45) is 11.8 Å². The van der Waals surface area contributed by atoms with Crippen molar-refractivity contribution in [3.05, 3.63) is 48.3 Å². The lowest BCUT2D eigenvalue weighted by Crippen LogP contribution is -2.56. The number of fused-ring (bicyclic) bond motifs is 1. The smallest absolute Gasteiger partial charge is 0.414 e. The molecule has 2 aromatic rings. The van der Waals surface area contributed by atoms with Gasteiger partial charge in [0.15, 0.2) is 6.67 Å². The molecule has 2 unspecified atom stereocenters. The van der Waals surface area contributed by atoms with Gasteiger partial charge in [0.1, 0.15) is 24.3 Å². The van der Waals surface area contributed by atoms with Crippen LogP contribution in [0.2, 0.25) is 0 Å². The van der Waals surface area contributed by atoms with Crippen LogP contribution in [-0.4, -0.2) is 49.9 Å². The maximum absolute atomic E-state index is 12.5. The number of carbonyl (C=O) groups is 2. The van der Waals surface area contributed by atoms with Gasteiger partial charge in [0.2, 0.25) is 5.91 Å². The number of benzene rings is 1. The third-order valence-corrected chi connectivity index (χ3v) is 6.99. The molecule has 0 bridgehead atoms. The van der Waals surface area contributed by atoms with E-state index in [2.05, 4.69) is 21.7 Å². The summed E-state index contributed by atoms with van der Waals surface area (Å²) in [5.74, 6) is 0.531. The molecule has 1 aromatic heterocycles. The first-order chi connectivity index (χ1) is 15.0. The van der Waals surface area contributed by atoms with Crippen LogP contribution >= 0.6 is 0 Å². The van der Waals surface area contributed by atoms with Gasteiger partial charge in [-0.2, -0.15) is 14.5 Å². The normalized spacial score (nSPS) is 30.9. The van der Waals surface area contributed by atoms with Gasteiger partial charge in [-0.1, -0.05) is 6.07 Å². The third kappa shape index (κ3) is 2.92. The van der Waals surface area contributed by atoms with Crippen molar-refractivity contribution < 1.29 is 14.3 Å². The van der Waals surface area contributed by atoms with Crippen molar-refractivity contribution >= 4 is 17.7 Å². The fourth-order valence-electron chi connectivity index (χ4n) is 5.11. The Morgan fingerprint density at radius 3 is 2.52 bits per heavy atom. The fraction of sp³-hybridized carbons (Fsp3) is 0.391. The lowest BCUT2D eigenvalue weighted by molar-refractivity contribution is -0.119. The SMILES string of the molecule is CC(=O)NC[N@@+]1(c2ccc(-c3ccc(C4(C#N)C5CNCC54)nc3)cc2)CCOC1=O. The number of nitrogens with zero attached hydrogens (tertiary/aromatic N) is 3. The Bertz CT molecular complexity index is 1070. The Morgan fingerprint density at radius 1 is 1.26 bits per heavy atom. The van der Waals surface area contributed by atoms with Crippen molar-refractivity contribution in [2.45, 2.75) is 12.3 Å². The highest BCUT2D eigenvalue weighted by Gasteiger charge is 2.69. The van der Waals surface area contributed by atoms with Gasteiger partial charge in [-0.25, -0.2) is 0 Å². The monoisotopic (exact) mass is 418 g/mol. The van der Waals surface area contributed by atoms with Gasteiger partial charge in [-0.05, 0) is 23.8 Å². The summed E-state index contributed by atoms with van der Waals surface area (Å²) in [5.41, 5.74) is 3.10. The number of nitriles is 1. The first-order valence-electron chi connectivity index (χ1n) is 10.5. The Hall–Kier alpha value is -3.28. The van der Waals surface area contributed by atoms with Gasteiger partial charge in [-0.15, -0.1) is 0 Å². The maximum Gasteiger partial charge on any atom is 0.523 e. The number of ether oxygens (including phenoxy) is 1. The fourth-order valence-corrected chi connectivity index (χ4v) is 5.11. The van der Waals surface area contributed by atoms with Crippen molar-refractivity contribution in [1.82, 2.24) is 20.1 Å². The largest absolute Gasteiger partial charge is 0.523 e. The molecule has 158 valence electrons. The average Bonchev–Trinajstić information content (AvgIpc) is 3.10. The van der Waals surface area contributed by atoms with Crippen molar-refractivity contribution in [1.29, 1.82) is 5.26 Å². The number of pyridine rings is 1. The topological polar surface area (TPSA) is 104 Å². The third-order valence-electron chi connectivity index (χ3n) is 6.99. The summed E-state index contributed by atoms with van der Waals surface area (Å²) in [4.78, 5) is 28.5. The predicted octanol–water partition coefficient (Wildman–Crippen LogP) is 1.91. The zero-order chi connectivity index (χ0) is 21.6. The number of rotatable bonds is 5. The molecule has 0 spiro atoms. The number of hydrogen-bond donors (Lipinski definition) is 2. The maximum atomic E-state index is 12.5. The molecular formula is C23H24N5O3+. The second kappa shape index (κ2) is 7.15. The molecule has 0 radical (unpaired) electrons. The van der Waals surface area contributed by atoms with Crippen molar-refractivity contribution in [3.63, 3.8) is 0 Å². The molecule has 1 saturated carbocycles. The molecule has 8 heteroatoms. The molecule has 3 aliphatic rings. The molecule has 1 aliphatic carbocycles. The van der Waals surface area contributed by atoms with Crippen LogP contribution in [0.15, 0.2) is 42.6 Å². The van der Waals surface area contributed by atoms with Crippen LogP contribution < -0.4 is 15.1 Å². The van der Waals surface area contributed by atoms with E-state index in [9.17, 15) is 14.9 Å². The van der Waals surface area contributed by atoms with E-state index in [0.29, 0.717) is 25.0 Å². The van der Waals surface area contributed by atoms with Crippen LogP contribution in [0, 0.1) is 23.2 Å². The number of aromatic nitrogens is 1. The minimum atomic E-state index is -0.440. The zero-order valence-electron chi connectivity index (χ0n) is 17.3. The number of amides is 2. The van der Waals surface area contributed by atoms with E-state index in [0.717, 1.165) is 35.6 Å². The Balaban J connectivity index is 1.38. The second-order valence-electron chi connectivity index (χ2n) is 8.53. The van der Waals surface area contributed by atoms with Gasteiger partial charge in [0.25, 0.3) is 0 Å². The number of cyclic esters (lactones) is 1. The van der Waals surface area contributed by atoms with Gasteiger partial charge in [0, 0.05) is 55.7 Å². The summed E-state index contributed by atoms with van der Waals surface area (Å²) in [7, 11) is 0. The molecule has 3 fully saturated rings. The van der Waals surface area contributed by atoms with Crippen molar-refractivity contribution in [3.8, 4) is 17.2 Å². The van der Waals surface area contributed by atoms with Crippen molar-refractivity contribution in [2.75, 3.05) is 32.9 Å². The lowest BCUT2D eigenvalue weighted by atomic mass is 9.96. The molecule has 2 N–H and O–H groups in total. The van der Waals surface area contributed by atoms with E-state index in [-0.39, 0.29) is 23.2 Å². The Labute approximate surface area is 180 Å². The summed E-state index contributed by atoms with van der Waals surface area (Å²) in [6.07, 6.45) is 1.45. The Morgan fingerprint density at radius 2 is 1.97 bits per heavy atom. The van der Waals surface area contributed by atoms with E-state index in [1.807, 2.05) is 42.6 Å². The summed E-state index contributed by atoms with van der Waals surface area (Å²) in [6, 6.07) is 14.2. The first kappa shape index (κ1) is 19.7. The molecule has 3 atom stereocenters. The number of hydrogen-bond acceptors (Lipinski definition) is 6. The number of piperidine rings is 1. The lowest BCUT2D eigenvalue weighted by Gasteiger charge is -2.27. The minimum Gasteiger partial charge on any atom is -0.414 e. The zero-order valence-corrected chi connectivity index (χ0v) is 17.3. The Kier molecular flexibility index (Phi) is 4.54. The van der Waals surface area contributed by atoms with E-state index in [1.165, 1.54) is 6.92 Å². The van der Waals surface area contributed by atoms with Crippen LogP contribution in [-0.2, 0) is 14.9 Å². The molecule has 31 heavy (non-hydrogen) atoms. The van der Waals surface area contributed by atoms with Crippen LogP contribution in [0.5, 0.6) is 0 Å². The molecule has 8 nitrogen and oxygen atoms in total. The van der Waals surface area contributed by atoms with E-state index in [1.54, 1.807) is 0 Å². The molecule has 2 amide bonds. The summed E-state index contributed by atoms with van der Waals surface area (Å²) >= 11 is 0. The highest BCUT2D eigenvalue weighted by atomic mass is 16.6. The van der Waals surface area contributed by atoms with Gasteiger partial charge in [-0.3, -0.25) is 9.78 Å². The van der Waals surface area contributed by atoms with Crippen LogP contribution in [0.4, 0.5) is 10.5 Å². The van der Waals surface area contributed by atoms with E-state index in [4.69, 9.17) is 4.74 Å². The quantitative estimate of drug-likeness (QED) is 0.719. The van der Waals surface area contributed by atoms with Gasteiger partial charge in [0.05, 0.1) is 11.8 Å². The number of carbonyl (C=O) groups excluding carboxylic acids is 2. The van der Waals surface area contributed by atoms with Crippen LogP contribution in [0.3, 0.4) is 0 Å². The first-order valence-corrected chi connectivity index (χ1v) is 10.5. The number of quaternary nitrogens is 1. The molecule has 3 heterocycles. The van der Waals surface area contributed by atoms with Gasteiger partial charge < -0.3 is 15.4 Å². The molecule has 2 aliphatic heterocycles. The summed E-state index contributed by atoms with van der Waals surface area (Å²) in [6.45, 7) is 4.15. The van der Waals surface area contributed by atoms with Crippen LogP contribution in [0.1, 0.15) is 12.6 Å². The highest BCUT2D eigenvalue weighted by Crippen LogP contribution is 2.60. The predicted molar refractivity (Wildman–Crippen MR) is 114 cm³/mol. The highest BCUT2D eigenvalue weighted by molar-refractivity contribution is 5.85. The van der Waals surface area contributed by atoms with E-state index >= 15 is 0 Å². The molecule has 5 rings (SSSR count). The molecular weight excluding hydrogens is 394 g/mol. The van der Waals surface area contributed by atoms with E-state index < -0.39 is 5.41 Å². The standard InChI is InChI=1S/C23H23N5O3/c1-15(29)27-14-28(8-9-31-22(28)30)18-5-2-16(3-6-18)17-4-7-21(26-10-17)23(13-24)19-11-25-12-20(19)23/h2-7,10,19-20,25H,8-9,11-12,14H2,1H3/p+1/t19?,20?,23?,28-/m1/s1. The average molecular weight is 418 g/mol. The molecule has 2 saturated heterocycles. The second-order valence-corrected chi connectivity index (χ2v) is 8.53. The van der Waals surface area contributed by atoms with Gasteiger partial charge >= 0.3 is 6.09 Å². The van der Waals surface area contributed by atoms with Crippen LogP contribution in [0.25, 0.3) is 11.1 Å². The summed E-state index contributed by atoms with van der Waals surface area (Å²) in [5, 5.41) is 15.9. The number of nitrogens with one attached hydrogen (secondary N) is 2. The summed E-state index contributed by atoms with van der Waals surface area (Å²) < 4.78 is 5.15. The minimum absolute atomic E-state index is 0.0570. The molecule has 1 aromatic carbocycles.